The van der Waals surface area contributed by atoms with Gasteiger partial charge < -0.3 is 19.9 Å². The molecule has 0 radical (unpaired) electrons. The monoisotopic (exact) mass is 823 g/mol. The highest BCUT2D eigenvalue weighted by molar-refractivity contribution is 6.31. The number of amides is 5. The number of nitrogens with one attached hydrogen (secondary N) is 2. The Balaban J connectivity index is 0.822. The summed E-state index contributed by atoms with van der Waals surface area (Å²) in [5.41, 5.74) is 1.53. The van der Waals surface area contributed by atoms with E-state index in [1.807, 2.05) is 29.2 Å². The fourth-order valence-electron chi connectivity index (χ4n) is 10.2. The molecule has 1 saturated carbocycles. The third-order valence-electron chi connectivity index (χ3n) is 13.1. The fourth-order valence-corrected chi connectivity index (χ4v) is 10.4. The van der Waals surface area contributed by atoms with Crippen molar-refractivity contribution in [2.45, 2.75) is 77.6 Å². The topological polar surface area (TPSA) is 155 Å². The van der Waals surface area contributed by atoms with E-state index in [-0.39, 0.29) is 58.5 Å². The number of imide groups is 2. The molecule has 0 spiro atoms. The number of carbonyl (C=O) groups excluding carboxylic acids is 5. The highest BCUT2D eigenvalue weighted by atomic mass is 35.5. The first-order valence-electron chi connectivity index (χ1n) is 20.1. The molecule has 4 fully saturated rings. The van der Waals surface area contributed by atoms with E-state index in [9.17, 15) is 29.2 Å². The zero-order valence-corrected chi connectivity index (χ0v) is 34.3. The summed E-state index contributed by atoms with van der Waals surface area (Å²) in [4.78, 5) is 71.6. The minimum Gasteiger partial charge on any atom is -0.489 e. The van der Waals surface area contributed by atoms with Crippen LogP contribution in [0.5, 0.6) is 5.75 Å². The molecule has 4 aliphatic heterocycles. The lowest BCUT2D eigenvalue weighted by Gasteiger charge is -2.63. The summed E-state index contributed by atoms with van der Waals surface area (Å²) in [5, 5.41) is 15.0. The zero-order valence-electron chi connectivity index (χ0n) is 33.5. The maximum atomic E-state index is 15.5. The Morgan fingerprint density at radius 2 is 1.51 bits per heavy atom. The van der Waals surface area contributed by atoms with Gasteiger partial charge in [-0.3, -0.25) is 39.1 Å². The number of carbonyl (C=O) groups is 5. The number of nitrogens with zero attached hydrogens (tertiary/aromatic N) is 5. The number of fused-ring (bicyclic) bond motifs is 1. The third kappa shape index (κ3) is 7.18. The van der Waals surface area contributed by atoms with Crippen LogP contribution in [-0.4, -0.2) is 103 Å². The van der Waals surface area contributed by atoms with Crippen LogP contribution in [0.4, 0.5) is 15.8 Å². The largest absolute Gasteiger partial charge is 0.489 e. The molecule has 3 aromatic carbocycles. The van der Waals surface area contributed by atoms with Crippen molar-refractivity contribution in [2.75, 3.05) is 49.1 Å². The summed E-state index contributed by atoms with van der Waals surface area (Å²) < 4.78 is 21.9. The molecule has 3 aromatic rings. The molecule has 13 nitrogen and oxygen atoms in total. The van der Waals surface area contributed by atoms with E-state index in [2.05, 4.69) is 54.2 Å². The first kappa shape index (κ1) is 40.3. The van der Waals surface area contributed by atoms with Gasteiger partial charge in [-0.15, -0.1) is 0 Å². The van der Waals surface area contributed by atoms with Crippen LogP contribution in [0.25, 0.3) is 0 Å². The number of piperidine rings is 2. The van der Waals surface area contributed by atoms with Crippen molar-refractivity contribution in [1.29, 1.82) is 5.26 Å². The quantitative estimate of drug-likeness (QED) is 0.292. The Hall–Kier alpha value is -5.52. The average Bonchev–Trinajstić information content (AvgIpc) is 3.45. The van der Waals surface area contributed by atoms with Crippen LogP contribution in [0.3, 0.4) is 0 Å². The Labute approximate surface area is 347 Å². The molecular formula is C44H47ClFN7O6. The minimum absolute atomic E-state index is 0.0128. The van der Waals surface area contributed by atoms with Crippen LogP contribution < -0.4 is 25.2 Å². The molecule has 1 aliphatic carbocycles. The predicted octanol–water partition coefficient (Wildman–Crippen LogP) is 5.15. The Bertz CT molecular complexity index is 2260. The maximum absolute atomic E-state index is 15.5. The van der Waals surface area contributed by atoms with Gasteiger partial charge in [0.2, 0.25) is 11.8 Å². The first-order chi connectivity index (χ1) is 28.1. The zero-order chi connectivity index (χ0) is 42.0. The Morgan fingerprint density at radius 3 is 2.12 bits per heavy atom. The molecule has 8 rings (SSSR count). The standard InChI is InChI=1S/C44H47ClFN7O6/c1-43(2)41(44(3,4)42(43)59-29-10-7-26(24-47)32(45)21-29)49-37(55)25-5-8-27(9-6-25)50-17-19-51(20-18-50)28-13-15-52(16-14-28)35-23-31-30(22-33(35)46)39(57)53(40(31)58)34-11-12-36(54)48-38(34)56/h5-10,21-23,28,34,41-42H,11-20H2,1-4H3,(H,49,55)(H,48,54,56). The van der Waals surface area contributed by atoms with Gasteiger partial charge in [-0.05, 0) is 67.8 Å². The number of benzene rings is 3. The van der Waals surface area contributed by atoms with Gasteiger partial charge in [-0.2, -0.15) is 5.26 Å². The molecule has 59 heavy (non-hydrogen) atoms. The molecule has 3 saturated heterocycles. The van der Waals surface area contributed by atoms with Gasteiger partial charge in [0.15, 0.2) is 0 Å². The second-order valence-electron chi connectivity index (χ2n) is 17.4. The second kappa shape index (κ2) is 15.3. The summed E-state index contributed by atoms with van der Waals surface area (Å²) >= 11 is 6.25. The van der Waals surface area contributed by atoms with Crippen molar-refractivity contribution < 1.29 is 33.1 Å². The van der Waals surface area contributed by atoms with E-state index in [0.717, 1.165) is 55.7 Å². The van der Waals surface area contributed by atoms with E-state index in [0.29, 0.717) is 41.0 Å². The number of hydrogen-bond donors (Lipinski definition) is 2. The lowest BCUT2D eigenvalue weighted by molar-refractivity contribution is -0.164. The van der Waals surface area contributed by atoms with Crippen LogP contribution in [0.2, 0.25) is 5.02 Å². The van der Waals surface area contributed by atoms with Crippen molar-refractivity contribution in [3.8, 4) is 11.8 Å². The molecule has 15 heteroatoms. The number of nitriles is 1. The summed E-state index contributed by atoms with van der Waals surface area (Å²) in [6, 6.07) is 16.4. The highest BCUT2D eigenvalue weighted by Crippen LogP contribution is 2.55. The maximum Gasteiger partial charge on any atom is 0.262 e. The number of ether oxygens (including phenoxy) is 1. The normalized spacial score (nSPS) is 24.3. The highest BCUT2D eigenvalue weighted by Gasteiger charge is 2.64. The average molecular weight is 824 g/mol. The third-order valence-corrected chi connectivity index (χ3v) is 13.4. The minimum atomic E-state index is -1.10. The van der Waals surface area contributed by atoms with Crippen molar-refractivity contribution in [1.82, 2.24) is 20.4 Å². The van der Waals surface area contributed by atoms with E-state index in [1.165, 1.54) is 6.07 Å². The van der Waals surface area contributed by atoms with Crippen molar-refractivity contribution in [3.63, 3.8) is 0 Å². The first-order valence-corrected chi connectivity index (χ1v) is 20.5. The number of rotatable bonds is 8. The van der Waals surface area contributed by atoms with Crippen LogP contribution in [0.1, 0.15) is 90.0 Å². The summed E-state index contributed by atoms with van der Waals surface area (Å²) in [6.45, 7) is 12.8. The smallest absolute Gasteiger partial charge is 0.262 e. The lowest BCUT2D eigenvalue weighted by atomic mass is 9.49. The number of hydrogen-bond acceptors (Lipinski definition) is 10. The van der Waals surface area contributed by atoms with E-state index >= 15 is 4.39 Å². The van der Waals surface area contributed by atoms with E-state index < -0.39 is 35.5 Å². The molecule has 1 atom stereocenters. The SMILES string of the molecule is CC1(C)C(NC(=O)c2ccc(N3CCN(C4CCN(c5cc6c(cc5F)C(=O)N(C5CCC(=O)NC5=O)C6=O)CC4)CC3)cc2)C(C)(C)C1Oc1ccc(C#N)c(Cl)c1. The molecule has 4 heterocycles. The molecule has 1 unspecified atom stereocenters. The number of piperazine rings is 1. The van der Waals surface area contributed by atoms with Crippen molar-refractivity contribution in [3.05, 3.63) is 87.7 Å². The van der Waals surface area contributed by atoms with Crippen LogP contribution in [0, 0.1) is 28.0 Å². The van der Waals surface area contributed by atoms with Crippen LogP contribution in [0.15, 0.2) is 54.6 Å². The van der Waals surface area contributed by atoms with Gasteiger partial charge in [0.1, 0.15) is 29.8 Å². The molecule has 2 N–H and O–H groups in total. The molecule has 308 valence electrons. The van der Waals surface area contributed by atoms with E-state index in [1.54, 1.807) is 18.2 Å². The number of halogens is 2. The van der Waals surface area contributed by atoms with Gasteiger partial charge in [0.25, 0.3) is 17.7 Å². The summed E-state index contributed by atoms with van der Waals surface area (Å²) in [7, 11) is 0. The molecule has 5 aliphatic rings. The fraction of sp³-hybridized carbons (Fsp3) is 0.455. The van der Waals surface area contributed by atoms with Crippen LogP contribution in [-0.2, 0) is 9.59 Å². The predicted molar refractivity (Wildman–Crippen MR) is 218 cm³/mol. The van der Waals surface area contributed by atoms with E-state index in [4.69, 9.17) is 16.3 Å². The molecule has 0 aromatic heterocycles. The molecular weight excluding hydrogens is 777 g/mol. The van der Waals surface area contributed by atoms with Crippen LogP contribution >= 0.6 is 11.6 Å². The number of anilines is 2. The van der Waals surface area contributed by atoms with Gasteiger partial charge in [-0.1, -0.05) is 39.3 Å². The van der Waals surface area contributed by atoms with Gasteiger partial charge in [-0.25, -0.2) is 4.39 Å². The summed E-state index contributed by atoms with van der Waals surface area (Å²) in [6.07, 6.45) is 1.46. The Morgan fingerprint density at radius 1 is 0.864 bits per heavy atom. The second-order valence-corrected chi connectivity index (χ2v) is 17.8. The molecule has 5 amide bonds. The van der Waals surface area contributed by atoms with Gasteiger partial charge >= 0.3 is 0 Å². The Kier molecular flexibility index (Phi) is 10.4. The van der Waals surface area contributed by atoms with Crippen molar-refractivity contribution in [2.24, 2.45) is 10.8 Å². The molecule has 0 bridgehead atoms. The van der Waals surface area contributed by atoms with Gasteiger partial charge in [0, 0.05) is 85.9 Å². The lowest BCUT2D eigenvalue weighted by Crippen LogP contribution is -2.74. The summed E-state index contributed by atoms with van der Waals surface area (Å²) in [5.74, 6) is -2.69. The van der Waals surface area contributed by atoms with Crippen molar-refractivity contribution >= 4 is 52.5 Å². The van der Waals surface area contributed by atoms with Gasteiger partial charge in [0.05, 0.1) is 27.4 Å².